The third-order valence-electron chi connectivity index (χ3n) is 5.28. The van der Waals surface area contributed by atoms with E-state index in [0.29, 0.717) is 17.9 Å². The molecule has 0 radical (unpaired) electrons. The van der Waals surface area contributed by atoms with Crippen LogP contribution in [0.15, 0.2) is 59.4 Å². The number of nitrogens with zero attached hydrogens (tertiary/aromatic N) is 3. The first-order valence-electron chi connectivity index (χ1n) is 8.91. The van der Waals surface area contributed by atoms with E-state index in [1.54, 1.807) is 40.3 Å². The van der Waals surface area contributed by atoms with Crippen molar-refractivity contribution >= 4 is 29.0 Å². The first-order valence-corrected chi connectivity index (χ1v) is 9.79. The van der Waals surface area contributed by atoms with Gasteiger partial charge in [-0.1, -0.05) is 18.2 Å². The van der Waals surface area contributed by atoms with E-state index in [1.165, 1.54) is 11.2 Å². The van der Waals surface area contributed by atoms with Crippen LogP contribution in [0.5, 0.6) is 0 Å². The number of carbonyl (C=O) groups excluding carboxylic acids is 1. The normalized spacial score (nSPS) is 21.1. The summed E-state index contributed by atoms with van der Waals surface area (Å²) in [4.78, 5) is 29.8. The highest BCUT2D eigenvalue weighted by Crippen LogP contribution is 2.44. The molecule has 1 aliphatic carbocycles. The molecule has 28 heavy (non-hydrogen) atoms. The summed E-state index contributed by atoms with van der Waals surface area (Å²) in [5, 5.41) is 18.8. The largest absolute Gasteiger partial charge is 0.478 e. The molecule has 140 valence electrons. The van der Waals surface area contributed by atoms with E-state index >= 15 is 0 Å². The van der Waals surface area contributed by atoms with E-state index in [-0.39, 0.29) is 17.3 Å². The van der Waals surface area contributed by atoms with E-state index in [0.717, 1.165) is 17.7 Å². The molecule has 8 heteroatoms. The number of benzene rings is 1. The zero-order valence-corrected chi connectivity index (χ0v) is 15.5. The number of carboxylic acid groups (broad SMARTS) is 1. The van der Waals surface area contributed by atoms with Gasteiger partial charge in [0.25, 0.3) is 0 Å². The number of allylic oxidation sites excluding steroid dienone is 2. The maximum Gasteiger partial charge on any atom is 0.335 e. The first kappa shape index (κ1) is 16.9. The highest BCUT2D eigenvalue weighted by molar-refractivity contribution is 7.10. The molecular formula is C20H16N4O3S. The maximum atomic E-state index is 13.2. The van der Waals surface area contributed by atoms with Gasteiger partial charge in [0.2, 0.25) is 5.95 Å². The van der Waals surface area contributed by atoms with Crippen molar-refractivity contribution in [3.8, 4) is 0 Å². The monoisotopic (exact) mass is 392 g/mol. The number of Topliss-reactive ketones (excluding diaryl/α,β-unsaturated/α-hetero) is 1. The van der Waals surface area contributed by atoms with E-state index in [4.69, 9.17) is 5.11 Å². The van der Waals surface area contributed by atoms with Gasteiger partial charge in [0.05, 0.1) is 5.56 Å². The summed E-state index contributed by atoms with van der Waals surface area (Å²) in [6, 6.07) is 10.3. The predicted molar refractivity (Wildman–Crippen MR) is 104 cm³/mol. The number of hydrogen-bond donors (Lipinski definition) is 2. The summed E-state index contributed by atoms with van der Waals surface area (Å²) in [7, 11) is 0. The Morgan fingerprint density at radius 3 is 2.75 bits per heavy atom. The molecular weight excluding hydrogens is 376 g/mol. The fourth-order valence-electron chi connectivity index (χ4n) is 3.99. The number of nitrogens with one attached hydrogen (secondary N) is 1. The summed E-state index contributed by atoms with van der Waals surface area (Å²) in [5.74, 6) is -0.152. The smallest absolute Gasteiger partial charge is 0.335 e. The summed E-state index contributed by atoms with van der Waals surface area (Å²) in [6.45, 7) is 0. The fraction of sp³-hybridized carbons (Fsp3) is 0.200. The van der Waals surface area contributed by atoms with Crippen LogP contribution in [-0.4, -0.2) is 31.6 Å². The lowest BCUT2D eigenvalue weighted by Gasteiger charge is -2.34. The average molecular weight is 392 g/mol. The number of ketones is 1. The van der Waals surface area contributed by atoms with Crippen molar-refractivity contribution in [2.45, 2.75) is 24.8 Å². The van der Waals surface area contributed by atoms with Gasteiger partial charge in [0, 0.05) is 28.5 Å². The Bertz CT molecular complexity index is 1100. The molecule has 2 aromatic heterocycles. The molecule has 0 fully saturated rings. The van der Waals surface area contributed by atoms with Crippen molar-refractivity contribution in [3.05, 3.63) is 75.4 Å². The maximum absolute atomic E-state index is 13.2. The highest BCUT2D eigenvalue weighted by Gasteiger charge is 2.39. The minimum absolute atomic E-state index is 0.0839. The van der Waals surface area contributed by atoms with Crippen molar-refractivity contribution < 1.29 is 14.7 Å². The zero-order chi connectivity index (χ0) is 19.3. The van der Waals surface area contributed by atoms with Gasteiger partial charge in [-0.15, -0.1) is 11.3 Å². The van der Waals surface area contributed by atoms with Gasteiger partial charge >= 0.3 is 5.97 Å². The molecule has 0 unspecified atom stereocenters. The number of aromatic carboxylic acids is 1. The second-order valence-electron chi connectivity index (χ2n) is 6.92. The lowest BCUT2D eigenvalue weighted by Crippen LogP contribution is -2.33. The van der Waals surface area contributed by atoms with Crippen molar-refractivity contribution in [3.63, 3.8) is 0 Å². The molecule has 5 rings (SSSR count). The lowest BCUT2D eigenvalue weighted by molar-refractivity contribution is -0.116. The van der Waals surface area contributed by atoms with Crippen LogP contribution >= 0.6 is 11.3 Å². The Labute approximate surface area is 164 Å². The number of thiophene rings is 1. The summed E-state index contributed by atoms with van der Waals surface area (Å²) in [5.41, 5.74) is 2.59. The van der Waals surface area contributed by atoms with Crippen molar-refractivity contribution in [2.24, 2.45) is 0 Å². The molecule has 2 atom stereocenters. The van der Waals surface area contributed by atoms with Gasteiger partial charge in [-0.2, -0.15) is 10.1 Å². The van der Waals surface area contributed by atoms with E-state index in [1.807, 2.05) is 11.4 Å². The first-order chi connectivity index (χ1) is 13.6. The van der Waals surface area contributed by atoms with Gasteiger partial charge in [-0.25, -0.2) is 9.48 Å². The van der Waals surface area contributed by atoms with Crippen LogP contribution in [0.4, 0.5) is 5.95 Å². The standard InChI is InChI=1S/C20H16N4O3S/c25-15-9-13(16-2-1-7-28-16)8-14-17(15)18(24-20(23-14)21-10-22-24)11-3-5-12(6-4-11)19(26)27/h1-7,10,13,18H,8-9H2,(H,26,27)(H,21,22,23)/t13-,18+/m0/s1. The molecule has 0 saturated carbocycles. The Morgan fingerprint density at radius 2 is 2.04 bits per heavy atom. The number of carboxylic acids is 1. The van der Waals surface area contributed by atoms with Crippen molar-refractivity contribution in [2.75, 3.05) is 5.32 Å². The Kier molecular flexibility index (Phi) is 3.87. The average Bonchev–Trinajstić information content (AvgIpc) is 3.38. The van der Waals surface area contributed by atoms with Gasteiger partial charge in [0.15, 0.2) is 5.78 Å². The van der Waals surface area contributed by atoms with Crippen LogP contribution in [0.1, 0.15) is 45.6 Å². The predicted octanol–water partition coefficient (Wildman–Crippen LogP) is 3.45. The molecule has 0 bridgehead atoms. The Hall–Kier alpha value is -3.26. The van der Waals surface area contributed by atoms with Gasteiger partial charge in [-0.3, -0.25) is 4.79 Å². The highest BCUT2D eigenvalue weighted by atomic mass is 32.1. The molecule has 0 spiro atoms. The third kappa shape index (κ3) is 2.65. The van der Waals surface area contributed by atoms with Crippen molar-refractivity contribution in [1.82, 2.24) is 14.8 Å². The number of fused-ring (bicyclic) bond motifs is 1. The fourth-order valence-corrected chi connectivity index (χ4v) is 4.82. The number of hydrogen-bond acceptors (Lipinski definition) is 6. The number of rotatable bonds is 3. The number of aromatic nitrogens is 3. The quantitative estimate of drug-likeness (QED) is 0.709. The lowest BCUT2D eigenvalue weighted by atomic mass is 9.80. The number of anilines is 1. The van der Waals surface area contributed by atoms with Gasteiger partial charge in [-0.05, 0) is 35.6 Å². The topological polar surface area (TPSA) is 97.1 Å². The summed E-state index contributed by atoms with van der Waals surface area (Å²) in [6.07, 6.45) is 2.65. The van der Waals surface area contributed by atoms with Crippen LogP contribution in [0, 0.1) is 0 Å². The molecule has 1 aliphatic heterocycles. The Balaban J connectivity index is 1.59. The molecule has 2 N–H and O–H groups in total. The summed E-state index contributed by atoms with van der Waals surface area (Å²) < 4.78 is 1.69. The van der Waals surface area contributed by atoms with E-state index in [9.17, 15) is 9.59 Å². The molecule has 0 saturated heterocycles. The SMILES string of the molecule is O=C1C[C@@H](c2cccs2)CC2=C1[C@@H](c1ccc(C(=O)O)cc1)n1ncnc1N2. The minimum atomic E-state index is -0.981. The minimum Gasteiger partial charge on any atom is -0.478 e. The van der Waals surface area contributed by atoms with E-state index < -0.39 is 12.0 Å². The van der Waals surface area contributed by atoms with Gasteiger partial charge in [0.1, 0.15) is 12.4 Å². The van der Waals surface area contributed by atoms with Crippen LogP contribution in [-0.2, 0) is 4.79 Å². The van der Waals surface area contributed by atoms with Crippen LogP contribution in [0.25, 0.3) is 0 Å². The van der Waals surface area contributed by atoms with Gasteiger partial charge < -0.3 is 10.4 Å². The molecule has 1 aromatic carbocycles. The molecule has 3 heterocycles. The molecule has 0 amide bonds. The molecule has 7 nitrogen and oxygen atoms in total. The molecule has 2 aliphatic rings. The van der Waals surface area contributed by atoms with E-state index in [2.05, 4.69) is 21.5 Å². The second kappa shape index (κ2) is 6.42. The van der Waals surface area contributed by atoms with Crippen LogP contribution in [0.3, 0.4) is 0 Å². The number of carbonyl (C=O) groups is 2. The van der Waals surface area contributed by atoms with Crippen LogP contribution < -0.4 is 5.32 Å². The van der Waals surface area contributed by atoms with Crippen molar-refractivity contribution in [1.29, 1.82) is 0 Å². The van der Waals surface area contributed by atoms with Crippen LogP contribution in [0.2, 0.25) is 0 Å². The molecule has 3 aromatic rings. The summed E-state index contributed by atoms with van der Waals surface area (Å²) >= 11 is 1.67. The second-order valence-corrected chi connectivity index (χ2v) is 7.90. The zero-order valence-electron chi connectivity index (χ0n) is 14.7. The Morgan fingerprint density at radius 1 is 1.21 bits per heavy atom. The third-order valence-corrected chi connectivity index (χ3v) is 6.32.